The zero-order valence-electron chi connectivity index (χ0n) is 13.5. The first kappa shape index (κ1) is 17.7. The molecule has 0 fully saturated rings. The molecule has 25 heavy (non-hydrogen) atoms. The number of esters is 1. The van der Waals surface area contributed by atoms with Gasteiger partial charge in [-0.15, -0.1) is 0 Å². The van der Waals surface area contributed by atoms with E-state index in [0.29, 0.717) is 21.8 Å². The van der Waals surface area contributed by atoms with Gasteiger partial charge in [0.15, 0.2) is 0 Å². The first-order chi connectivity index (χ1) is 12.0. The average Bonchev–Trinajstić information content (AvgIpc) is 2.98. The highest BCUT2D eigenvalue weighted by Crippen LogP contribution is 2.32. The fourth-order valence-corrected chi connectivity index (χ4v) is 4.89. The molecule has 0 atom stereocenters. The molecule has 0 aliphatic rings. The molecule has 0 spiro atoms. The summed E-state index contributed by atoms with van der Waals surface area (Å²) >= 11 is 3.37. The second kappa shape index (κ2) is 7.01. The summed E-state index contributed by atoms with van der Waals surface area (Å²) in [5.74, 6) is -0.660. The number of fused-ring (bicyclic) bond motifs is 1. The lowest BCUT2D eigenvalue weighted by Crippen LogP contribution is -2.20. The van der Waals surface area contributed by atoms with Gasteiger partial charge in [-0.2, -0.15) is 0 Å². The van der Waals surface area contributed by atoms with E-state index in [1.165, 1.54) is 12.1 Å². The largest absolute Gasteiger partial charge is 0.461 e. The fraction of sp³-hybridized carbons (Fsp3) is 0.167. The van der Waals surface area contributed by atoms with Gasteiger partial charge in [-0.25, -0.2) is 17.2 Å². The molecule has 3 aromatic rings. The Labute approximate surface area is 154 Å². The topological polar surface area (TPSA) is 65.4 Å². The molecule has 2 aromatic carbocycles. The number of aromatic nitrogens is 1. The summed E-state index contributed by atoms with van der Waals surface area (Å²) < 4.78 is 32.7. The van der Waals surface area contributed by atoms with E-state index >= 15 is 0 Å². The molecule has 0 saturated heterocycles. The maximum atomic E-state index is 13.2. The van der Waals surface area contributed by atoms with Crippen molar-refractivity contribution in [2.24, 2.45) is 0 Å². The van der Waals surface area contributed by atoms with E-state index < -0.39 is 16.0 Å². The minimum Gasteiger partial charge on any atom is -0.461 e. The lowest BCUT2D eigenvalue weighted by Gasteiger charge is -2.12. The molecule has 1 aromatic heterocycles. The summed E-state index contributed by atoms with van der Waals surface area (Å²) in [5, 5.41) is 1.03. The number of benzene rings is 2. The minimum absolute atomic E-state index is 0.0313. The average molecular weight is 422 g/mol. The molecule has 0 radical (unpaired) electrons. The van der Waals surface area contributed by atoms with Crippen molar-refractivity contribution in [1.82, 2.24) is 3.97 Å². The molecule has 5 nitrogen and oxygen atoms in total. The summed E-state index contributed by atoms with van der Waals surface area (Å²) in [6, 6.07) is 15.1. The van der Waals surface area contributed by atoms with Gasteiger partial charge in [0.25, 0.3) is 10.0 Å². The van der Waals surface area contributed by atoms with Gasteiger partial charge in [0, 0.05) is 16.3 Å². The minimum atomic E-state index is -3.95. The summed E-state index contributed by atoms with van der Waals surface area (Å²) in [4.78, 5) is 12.7. The van der Waals surface area contributed by atoms with Crippen molar-refractivity contribution in [2.75, 3.05) is 6.61 Å². The Morgan fingerprint density at radius 1 is 1.08 bits per heavy atom. The molecule has 3 rings (SSSR count). The summed E-state index contributed by atoms with van der Waals surface area (Å²) in [7, 11) is -3.95. The molecule has 1 heterocycles. The smallest absolute Gasteiger partial charge is 0.356 e. The number of ether oxygens (including phenoxy) is 1. The molecule has 0 saturated carbocycles. The van der Waals surface area contributed by atoms with Gasteiger partial charge in [0.1, 0.15) is 5.69 Å². The predicted octanol–water partition coefficient (Wildman–Crippen LogP) is 3.95. The van der Waals surface area contributed by atoms with Crippen LogP contribution in [0.3, 0.4) is 0 Å². The van der Waals surface area contributed by atoms with Crippen molar-refractivity contribution >= 4 is 42.8 Å². The first-order valence-corrected chi connectivity index (χ1v) is 10.2. The van der Waals surface area contributed by atoms with Crippen molar-refractivity contribution in [3.63, 3.8) is 0 Å². The van der Waals surface area contributed by atoms with Crippen LogP contribution in [-0.4, -0.2) is 25.0 Å². The van der Waals surface area contributed by atoms with Crippen molar-refractivity contribution in [1.29, 1.82) is 0 Å². The third kappa shape index (κ3) is 2.98. The molecular formula is C18H16BrNO4S. The van der Waals surface area contributed by atoms with Crippen molar-refractivity contribution in [3.05, 3.63) is 65.9 Å². The van der Waals surface area contributed by atoms with E-state index in [9.17, 15) is 13.2 Å². The number of carbonyl (C=O) groups excluding carboxylic acids is 1. The van der Waals surface area contributed by atoms with Crippen LogP contribution in [0.5, 0.6) is 0 Å². The molecule has 0 amide bonds. The maximum Gasteiger partial charge on any atom is 0.356 e. The summed E-state index contributed by atoms with van der Waals surface area (Å²) in [5.41, 5.74) is 1.07. The number of halogens is 1. The second-order valence-corrected chi connectivity index (χ2v) is 7.63. The number of rotatable bonds is 5. The van der Waals surface area contributed by atoms with Crippen molar-refractivity contribution < 1.29 is 17.9 Å². The van der Waals surface area contributed by atoms with Crippen LogP contribution in [0.1, 0.15) is 23.0 Å². The molecule has 0 N–H and O–H groups in total. The van der Waals surface area contributed by atoms with Gasteiger partial charge in [-0.1, -0.05) is 52.3 Å². The highest BCUT2D eigenvalue weighted by molar-refractivity contribution is 9.08. The highest BCUT2D eigenvalue weighted by Gasteiger charge is 2.30. The lowest BCUT2D eigenvalue weighted by molar-refractivity contribution is 0.0517. The fourth-order valence-electron chi connectivity index (χ4n) is 2.76. The Kier molecular flexibility index (Phi) is 4.96. The first-order valence-electron chi connectivity index (χ1n) is 7.68. The standard InChI is InChI=1S/C18H16BrNO4S/c1-2-24-18(21)17-15(12-19)14-10-6-7-11-16(14)20(17)25(22,23)13-8-4-3-5-9-13/h3-11H,2,12H2,1H3. The Balaban J connectivity index is 2.41. The third-order valence-corrected chi connectivity index (χ3v) is 6.11. The summed E-state index contributed by atoms with van der Waals surface area (Å²) in [6.07, 6.45) is 0. The molecule has 130 valence electrons. The van der Waals surface area contributed by atoms with Crippen LogP contribution in [0.25, 0.3) is 10.9 Å². The number of para-hydroxylation sites is 1. The summed E-state index contributed by atoms with van der Waals surface area (Å²) in [6.45, 7) is 1.85. The normalized spacial score (nSPS) is 11.6. The van der Waals surface area contributed by atoms with Crippen LogP contribution >= 0.6 is 15.9 Å². The van der Waals surface area contributed by atoms with E-state index in [0.717, 1.165) is 3.97 Å². The zero-order chi connectivity index (χ0) is 18.0. The Morgan fingerprint density at radius 3 is 2.36 bits per heavy atom. The Bertz CT molecular complexity index is 1030. The van der Waals surface area contributed by atoms with E-state index in [-0.39, 0.29) is 17.2 Å². The van der Waals surface area contributed by atoms with Gasteiger partial charge in [0.05, 0.1) is 17.0 Å². The molecule has 0 aliphatic carbocycles. The van der Waals surface area contributed by atoms with Gasteiger partial charge in [0.2, 0.25) is 0 Å². The van der Waals surface area contributed by atoms with E-state index in [2.05, 4.69) is 15.9 Å². The number of hydrogen-bond acceptors (Lipinski definition) is 4. The SMILES string of the molecule is CCOC(=O)c1c(CBr)c2ccccc2n1S(=O)(=O)c1ccccc1. The zero-order valence-corrected chi connectivity index (χ0v) is 15.9. The molecule has 0 aliphatic heterocycles. The lowest BCUT2D eigenvalue weighted by atomic mass is 10.1. The Hall–Kier alpha value is -2.12. The van der Waals surface area contributed by atoms with E-state index in [1.807, 2.05) is 6.07 Å². The molecular weight excluding hydrogens is 406 g/mol. The van der Waals surface area contributed by atoms with Gasteiger partial charge >= 0.3 is 5.97 Å². The van der Waals surface area contributed by atoms with Crippen molar-refractivity contribution in [3.8, 4) is 0 Å². The third-order valence-electron chi connectivity index (χ3n) is 3.82. The van der Waals surface area contributed by atoms with Crippen LogP contribution in [0.2, 0.25) is 0 Å². The number of nitrogens with zero attached hydrogens (tertiary/aromatic N) is 1. The van der Waals surface area contributed by atoms with Gasteiger partial charge in [-0.05, 0) is 25.1 Å². The predicted molar refractivity (Wildman–Crippen MR) is 99.6 cm³/mol. The molecule has 7 heteroatoms. The highest BCUT2D eigenvalue weighted by atomic mass is 79.9. The van der Waals surface area contributed by atoms with Crippen LogP contribution in [0.15, 0.2) is 59.5 Å². The monoisotopic (exact) mass is 421 g/mol. The quantitative estimate of drug-likeness (QED) is 0.462. The molecule has 0 unspecified atom stereocenters. The van der Waals surface area contributed by atoms with Crippen LogP contribution in [-0.2, 0) is 20.1 Å². The van der Waals surface area contributed by atoms with Crippen LogP contribution in [0.4, 0.5) is 0 Å². The van der Waals surface area contributed by atoms with Crippen molar-refractivity contribution in [2.45, 2.75) is 17.1 Å². The Morgan fingerprint density at radius 2 is 1.72 bits per heavy atom. The number of hydrogen-bond donors (Lipinski definition) is 0. The van der Waals surface area contributed by atoms with Gasteiger partial charge in [-0.3, -0.25) is 0 Å². The van der Waals surface area contributed by atoms with E-state index in [4.69, 9.17) is 4.74 Å². The van der Waals surface area contributed by atoms with Gasteiger partial charge < -0.3 is 4.74 Å². The number of carbonyl (C=O) groups is 1. The second-order valence-electron chi connectivity index (χ2n) is 5.28. The number of alkyl halides is 1. The van der Waals surface area contributed by atoms with E-state index in [1.54, 1.807) is 43.3 Å². The van der Waals surface area contributed by atoms with Crippen LogP contribution in [0, 0.1) is 0 Å². The maximum absolute atomic E-state index is 13.2. The molecule has 0 bridgehead atoms. The van der Waals surface area contributed by atoms with Crippen LogP contribution < -0.4 is 0 Å².